The van der Waals surface area contributed by atoms with Gasteiger partial charge in [0.15, 0.2) is 0 Å². The fourth-order valence-electron chi connectivity index (χ4n) is 2.96. The number of nitrogens with one attached hydrogen (secondary N) is 1. The number of esters is 1. The van der Waals surface area contributed by atoms with Gasteiger partial charge in [-0.25, -0.2) is 13.2 Å². The topological polar surface area (TPSA) is 110 Å². The lowest BCUT2D eigenvalue weighted by Gasteiger charge is -2.21. The van der Waals surface area contributed by atoms with Gasteiger partial charge < -0.3 is 4.74 Å². The molecule has 3 rings (SSSR count). The Labute approximate surface area is 174 Å². The van der Waals surface area contributed by atoms with Crippen LogP contribution in [-0.4, -0.2) is 49.0 Å². The molecule has 0 aliphatic carbocycles. The second-order valence-electron chi connectivity index (χ2n) is 7.78. The Bertz CT molecular complexity index is 1080. The van der Waals surface area contributed by atoms with Crippen molar-refractivity contribution in [3.8, 4) is 0 Å². The molecule has 0 fully saturated rings. The van der Waals surface area contributed by atoms with Gasteiger partial charge in [-0.3, -0.25) is 19.2 Å². The van der Waals surface area contributed by atoms with Gasteiger partial charge in [0.25, 0.3) is 11.8 Å². The summed E-state index contributed by atoms with van der Waals surface area (Å²) in [6.07, 6.45) is 0. The number of ether oxygens (including phenoxy) is 1. The molecule has 1 aliphatic heterocycles. The summed E-state index contributed by atoms with van der Waals surface area (Å²) in [5.74, 6) is -2.23. The first-order valence-corrected chi connectivity index (χ1v) is 10.9. The summed E-state index contributed by atoms with van der Waals surface area (Å²) in [6, 6.07) is 12.4. The summed E-state index contributed by atoms with van der Waals surface area (Å²) in [5, 5.41) is 0. The van der Waals surface area contributed by atoms with E-state index in [9.17, 15) is 22.8 Å². The molecule has 0 unspecified atom stereocenters. The first-order chi connectivity index (χ1) is 14.0. The molecule has 1 heterocycles. The summed E-state index contributed by atoms with van der Waals surface area (Å²) in [7, 11) is -3.96. The monoisotopic (exact) mass is 430 g/mol. The Hall–Kier alpha value is -3.20. The number of carbonyl (C=O) groups excluding carboxylic acids is 3. The molecule has 0 atom stereocenters. The van der Waals surface area contributed by atoms with E-state index in [0.717, 1.165) is 4.90 Å². The van der Waals surface area contributed by atoms with E-state index in [4.69, 9.17) is 4.74 Å². The highest BCUT2D eigenvalue weighted by Crippen LogP contribution is 2.23. The first kappa shape index (κ1) is 21.5. The number of carbonyl (C=O) groups is 3. The van der Waals surface area contributed by atoms with E-state index >= 15 is 0 Å². The highest BCUT2D eigenvalue weighted by atomic mass is 32.2. The van der Waals surface area contributed by atoms with E-state index < -0.39 is 39.2 Å². The van der Waals surface area contributed by atoms with Crippen LogP contribution >= 0.6 is 0 Å². The average Bonchev–Trinajstić information content (AvgIpc) is 2.90. The number of rotatable bonds is 6. The quantitative estimate of drug-likeness (QED) is 0.557. The maximum atomic E-state index is 12.6. The van der Waals surface area contributed by atoms with E-state index in [2.05, 4.69) is 4.72 Å². The van der Waals surface area contributed by atoms with Gasteiger partial charge >= 0.3 is 5.97 Å². The largest absolute Gasteiger partial charge is 0.456 e. The molecule has 0 aromatic heterocycles. The number of hydrogen-bond donors (Lipinski definition) is 1. The van der Waals surface area contributed by atoms with Crippen molar-refractivity contribution in [2.75, 3.05) is 17.0 Å². The van der Waals surface area contributed by atoms with Crippen LogP contribution in [0.15, 0.2) is 48.5 Å². The number of para-hydroxylation sites is 1. The number of nitrogens with zero attached hydrogens (tertiary/aromatic N) is 1. The van der Waals surface area contributed by atoms with E-state index in [-0.39, 0.29) is 28.9 Å². The molecule has 0 radical (unpaired) electrons. The van der Waals surface area contributed by atoms with Crippen LogP contribution in [0.3, 0.4) is 0 Å². The molecule has 158 valence electrons. The minimum atomic E-state index is -3.96. The van der Waals surface area contributed by atoms with E-state index in [1.54, 1.807) is 45.0 Å². The lowest BCUT2D eigenvalue weighted by atomic mass is 10.1. The highest BCUT2D eigenvalue weighted by molar-refractivity contribution is 7.92. The lowest BCUT2D eigenvalue weighted by Crippen LogP contribution is -2.35. The van der Waals surface area contributed by atoms with E-state index in [1.807, 2.05) is 0 Å². The minimum Gasteiger partial charge on any atom is -0.456 e. The molecule has 1 aliphatic rings. The first-order valence-electron chi connectivity index (χ1n) is 9.26. The van der Waals surface area contributed by atoms with Gasteiger partial charge in [-0.15, -0.1) is 0 Å². The third kappa shape index (κ3) is 4.68. The molecule has 0 saturated heterocycles. The van der Waals surface area contributed by atoms with Gasteiger partial charge in [0, 0.05) is 6.54 Å². The molecule has 0 bridgehead atoms. The van der Waals surface area contributed by atoms with Crippen LogP contribution in [0.5, 0.6) is 0 Å². The van der Waals surface area contributed by atoms with Gasteiger partial charge in [0.2, 0.25) is 10.0 Å². The predicted molar refractivity (Wildman–Crippen MR) is 111 cm³/mol. The summed E-state index contributed by atoms with van der Waals surface area (Å²) in [4.78, 5) is 38.1. The van der Waals surface area contributed by atoms with Crippen molar-refractivity contribution < 1.29 is 27.5 Å². The summed E-state index contributed by atoms with van der Waals surface area (Å²) < 4.78 is 32.8. The molecule has 2 aromatic carbocycles. The van der Waals surface area contributed by atoms with Crippen molar-refractivity contribution in [1.29, 1.82) is 0 Å². The lowest BCUT2D eigenvalue weighted by molar-refractivity contribution is 0.00705. The van der Waals surface area contributed by atoms with Crippen LogP contribution in [0, 0.1) is 0 Å². The molecule has 0 saturated carbocycles. The molecule has 2 amide bonds. The zero-order valence-corrected chi connectivity index (χ0v) is 17.7. The second-order valence-corrected chi connectivity index (χ2v) is 9.62. The Morgan fingerprint density at radius 2 is 1.50 bits per heavy atom. The smallest absolute Gasteiger partial charge is 0.340 e. The third-order valence-electron chi connectivity index (χ3n) is 4.27. The van der Waals surface area contributed by atoms with Crippen molar-refractivity contribution in [3.05, 3.63) is 65.2 Å². The number of imide groups is 1. The number of sulfonamides is 1. The van der Waals surface area contributed by atoms with Crippen molar-refractivity contribution in [2.24, 2.45) is 0 Å². The van der Waals surface area contributed by atoms with Gasteiger partial charge in [-0.2, -0.15) is 0 Å². The summed E-state index contributed by atoms with van der Waals surface area (Å²) >= 11 is 0. The standard InChI is InChI=1S/C21H22N2O6S/c1-21(2,3)29-20(26)16-10-6-7-11-17(16)22-30(27,28)13-12-23-18(24)14-8-4-5-9-15(14)19(23)25/h4-11,22H,12-13H2,1-3H3. The predicted octanol–water partition coefficient (Wildman–Crippen LogP) is 2.68. The van der Waals surface area contributed by atoms with Gasteiger partial charge in [0.05, 0.1) is 28.1 Å². The zero-order chi connectivity index (χ0) is 22.1. The summed E-state index contributed by atoms with van der Waals surface area (Å²) in [6.45, 7) is 4.82. The fraction of sp³-hybridized carbons (Fsp3) is 0.286. The average molecular weight is 430 g/mol. The van der Waals surface area contributed by atoms with Crippen LogP contribution in [0.4, 0.5) is 5.69 Å². The third-order valence-corrected chi connectivity index (χ3v) is 5.52. The molecule has 0 spiro atoms. The highest BCUT2D eigenvalue weighted by Gasteiger charge is 2.35. The Balaban J connectivity index is 1.72. The Morgan fingerprint density at radius 1 is 0.967 bits per heavy atom. The van der Waals surface area contributed by atoms with Crippen LogP contribution in [0.25, 0.3) is 0 Å². The zero-order valence-electron chi connectivity index (χ0n) is 16.8. The van der Waals surface area contributed by atoms with Crippen molar-refractivity contribution >= 4 is 33.5 Å². The Kier molecular flexibility index (Phi) is 5.67. The number of benzene rings is 2. The van der Waals surface area contributed by atoms with Crippen LogP contribution in [0.2, 0.25) is 0 Å². The Morgan fingerprint density at radius 3 is 2.07 bits per heavy atom. The minimum absolute atomic E-state index is 0.0640. The van der Waals surface area contributed by atoms with Crippen LogP contribution < -0.4 is 4.72 Å². The van der Waals surface area contributed by atoms with Crippen molar-refractivity contribution in [2.45, 2.75) is 26.4 Å². The SMILES string of the molecule is CC(C)(C)OC(=O)c1ccccc1NS(=O)(=O)CCN1C(=O)c2ccccc2C1=O. The summed E-state index contributed by atoms with van der Waals surface area (Å²) in [5.41, 5.74) is -0.105. The second kappa shape index (κ2) is 7.91. The maximum absolute atomic E-state index is 12.6. The molecule has 1 N–H and O–H groups in total. The maximum Gasteiger partial charge on any atom is 0.340 e. The van der Waals surface area contributed by atoms with E-state index in [1.165, 1.54) is 24.3 Å². The number of anilines is 1. The normalized spacial score (nSPS) is 13.9. The van der Waals surface area contributed by atoms with Gasteiger partial charge in [-0.05, 0) is 45.0 Å². The van der Waals surface area contributed by atoms with E-state index in [0.29, 0.717) is 0 Å². The van der Waals surface area contributed by atoms with Gasteiger partial charge in [-0.1, -0.05) is 24.3 Å². The van der Waals surface area contributed by atoms with Crippen LogP contribution in [-0.2, 0) is 14.8 Å². The molecular formula is C21H22N2O6S. The number of hydrogen-bond acceptors (Lipinski definition) is 6. The van der Waals surface area contributed by atoms with Gasteiger partial charge in [0.1, 0.15) is 5.60 Å². The van der Waals surface area contributed by atoms with Crippen molar-refractivity contribution in [3.63, 3.8) is 0 Å². The molecule has 2 aromatic rings. The molecule has 9 heteroatoms. The van der Waals surface area contributed by atoms with Crippen molar-refractivity contribution in [1.82, 2.24) is 4.90 Å². The molecule has 8 nitrogen and oxygen atoms in total. The molecular weight excluding hydrogens is 408 g/mol. The molecule has 30 heavy (non-hydrogen) atoms. The number of fused-ring (bicyclic) bond motifs is 1. The van der Waals surface area contributed by atoms with Crippen LogP contribution in [0.1, 0.15) is 51.8 Å². The fourth-order valence-corrected chi connectivity index (χ4v) is 3.99. The number of amides is 2.